The van der Waals surface area contributed by atoms with Gasteiger partial charge >= 0.3 is 0 Å². The summed E-state index contributed by atoms with van der Waals surface area (Å²) in [5.74, 6) is -2.30. The van der Waals surface area contributed by atoms with Crippen molar-refractivity contribution in [1.29, 1.82) is 0 Å². The average molecular weight is 228 g/mol. The Labute approximate surface area is 89.5 Å². The molecular weight excluding hydrogens is 222 g/mol. The molecule has 0 bridgehead atoms. The SMILES string of the molecule is O=C1NC(=S)NC1c1ccc(F)c(F)c1. The lowest BCUT2D eigenvalue weighted by molar-refractivity contribution is -0.120. The normalized spacial score (nSPS) is 20.0. The first-order valence-electron chi connectivity index (χ1n) is 4.14. The Hall–Kier alpha value is -1.56. The van der Waals surface area contributed by atoms with E-state index in [1.807, 2.05) is 0 Å². The number of benzene rings is 1. The summed E-state index contributed by atoms with van der Waals surface area (Å²) in [7, 11) is 0. The third-order valence-corrected chi connectivity index (χ3v) is 2.27. The Kier molecular flexibility index (Phi) is 2.36. The van der Waals surface area contributed by atoms with Gasteiger partial charge in [0.15, 0.2) is 16.7 Å². The van der Waals surface area contributed by atoms with Crippen LogP contribution < -0.4 is 10.6 Å². The zero-order chi connectivity index (χ0) is 11.0. The quantitative estimate of drug-likeness (QED) is 0.705. The molecule has 1 aliphatic heterocycles. The van der Waals surface area contributed by atoms with Gasteiger partial charge in [-0.3, -0.25) is 4.79 Å². The first kappa shape index (κ1) is 9.97. The van der Waals surface area contributed by atoms with E-state index >= 15 is 0 Å². The molecule has 1 atom stereocenters. The van der Waals surface area contributed by atoms with E-state index in [2.05, 4.69) is 10.6 Å². The monoisotopic (exact) mass is 228 g/mol. The van der Waals surface area contributed by atoms with Crippen molar-refractivity contribution in [3.63, 3.8) is 0 Å². The van der Waals surface area contributed by atoms with Gasteiger partial charge in [-0.1, -0.05) is 6.07 Å². The number of nitrogens with one attached hydrogen (secondary N) is 2. The van der Waals surface area contributed by atoms with Crippen molar-refractivity contribution in [1.82, 2.24) is 10.6 Å². The van der Waals surface area contributed by atoms with E-state index in [0.29, 0.717) is 5.56 Å². The first-order valence-corrected chi connectivity index (χ1v) is 4.55. The van der Waals surface area contributed by atoms with Gasteiger partial charge in [0.05, 0.1) is 0 Å². The van der Waals surface area contributed by atoms with Crippen molar-refractivity contribution < 1.29 is 13.6 Å². The topological polar surface area (TPSA) is 41.1 Å². The maximum Gasteiger partial charge on any atom is 0.253 e. The molecule has 2 N–H and O–H groups in total. The van der Waals surface area contributed by atoms with Crippen LogP contribution in [0.3, 0.4) is 0 Å². The number of amides is 1. The van der Waals surface area contributed by atoms with Crippen LogP contribution in [0.1, 0.15) is 11.6 Å². The zero-order valence-corrected chi connectivity index (χ0v) is 8.20. The van der Waals surface area contributed by atoms with E-state index in [1.54, 1.807) is 0 Å². The highest BCUT2D eigenvalue weighted by molar-refractivity contribution is 7.80. The van der Waals surface area contributed by atoms with E-state index in [1.165, 1.54) is 6.07 Å². The zero-order valence-electron chi connectivity index (χ0n) is 7.38. The molecule has 0 radical (unpaired) electrons. The van der Waals surface area contributed by atoms with Crippen LogP contribution in [0.2, 0.25) is 0 Å². The summed E-state index contributed by atoms with van der Waals surface area (Å²) in [6.45, 7) is 0. The van der Waals surface area contributed by atoms with Crippen LogP contribution in [0, 0.1) is 11.6 Å². The number of thiocarbonyl (C=S) groups is 1. The summed E-state index contributed by atoms with van der Waals surface area (Å²) < 4.78 is 25.5. The van der Waals surface area contributed by atoms with Gasteiger partial charge in [-0.15, -0.1) is 0 Å². The molecule has 1 heterocycles. The fraction of sp³-hybridized carbons (Fsp3) is 0.111. The Morgan fingerprint density at radius 1 is 1.27 bits per heavy atom. The fourth-order valence-electron chi connectivity index (χ4n) is 1.34. The first-order chi connectivity index (χ1) is 7.08. The van der Waals surface area contributed by atoms with Crippen LogP contribution in [0.5, 0.6) is 0 Å². The largest absolute Gasteiger partial charge is 0.347 e. The molecule has 0 spiro atoms. The molecule has 15 heavy (non-hydrogen) atoms. The number of rotatable bonds is 1. The Morgan fingerprint density at radius 2 is 2.00 bits per heavy atom. The molecule has 2 rings (SSSR count). The molecular formula is C9H6F2N2OS. The molecule has 0 aliphatic carbocycles. The maximum atomic E-state index is 12.9. The van der Waals surface area contributed by atoms with Crippen molar-refractivity contribution in [3.8, 4) is 0 Å². The van der Waals surface area contributed by atoms with Crippen molar-refractivity contribution in [2.24, 2.45) is 0 Å². The predicted molar refractivity (Wildman–Crippen MR) is 53.0 cm³/mol. The molecule has 3 nitrogen and oxygen atoms in total. The van der Waals surface area contributed by atoms with Crippen LogP contribution in [0.4, 0.5) is 8.78 Å². The molecule has 78 valence electrons. The predicted octanol–water partition coefficient (Wildman–Crippen LogP) is 1.01. The lowest BCUT2D eigenvalue weighted by Gasteiger charge is -2.07. The van der Waals surface area contributed by atoms with Crippen LogP contribution in [-0.4, -0.2) is 11.0 Å². The lowest BCUT2D eigenvalue weighted by atomic mass is 10.1. The standard InChI is InChI=1S/C9H6F2N2OS/c10-5-2-1-4(3-6(5)11)7-8(14)13-9(15)12-7/h1-3,7H,(H2,12,13,14,15). The highest BCUT2D eigenvalue weighted by Gasteiger charge is 2.29. The van der Waals surface area contributed by atoms with E-state index in [-0.39, 0.29) is 11.0 Å². The summed E-state index contributed by atoms with van der Waals surface area (Å²) in [6.07, 6.45) is 0. The minimum absolute atomic E-state index is 0.190. The summed E-state index contributed by atoms with van der Waals surface area (Å²) in [6, 6.07) is 2.54. The van der Waals surface area contributed by atoms with Gasteiger partial charge in [-0.25, -0.2) is 8.78 Å². The Bertz CT molecular complexity index is 450. The van der Waals surface area contributed by atoms with Crippen LogP contribution in [0.15, 0.2) is 18.2 Å². The van der Waals surface area contributed by atoms with Crippen LogP contribution in [-0.2, 0) is 4.79 Å². The fourth-order valence-corrected chi connectivity index (χ4v) is 1.56. The molecule has 6 heteroatoms. The third-order valence-electron chi connectivity index (χ3n) is 2.05. The number of carbonyl (C=O) groups excluding carboxylic acids is 1. The Morgan fingerprint density at radius 3 is 2.53 bits per heavy atom. The van der Waals surface area contributed by atoms with Gasteiger partial charge in [-0.2, -0.15) is 0 Å². The maximum absolute atomic E-state index is 12.9. The number of carbonyl (C=O) groups is 1. The second kappa shape index (κ2) is 3.54. The minimum atomic E-state index is -0.986. The highest BCUT2D eigenvalue weighted by atomic mass is 32.1. The van der Waals surface area contributed by atoms with Gasteiger partial charge in [0.25, 0.3) is 5.91 Å². The van der Waals surface area contributed by atoms with Gasteiger partial charge in [0, 0.05) is 0 Å². The summed E-state index contributed by atoms with van der Waals surface area (Å²) in [5, 5.41) is 5.20. The minimum Gasteiger partial charge on any atom is -0.347 e. The van der Waals surface area contributed by atoms with Gasteiger partial charge in [0.2, 0.25) is 0 Å². The van der Waals surface area contributed by atoms with Crippen LogP contribution in [0.25, 0.3) is 0 Å². The molecule has 1 unspecified atom stereocenters. The van der Waals surface area contributed by atoms with Gasteiger partial charge < -0.3 is 10.6 Å². The van der Waals surface area contributed by atoms with E-state index < -0.39 is 17.7 Å². The molecule has 1 aromatic rings. The average Bonchev–Trinajstić information content (AvgIpc) is 2.50. The van der Waals surface area contributed by atoms with Crippen molar-refractivity contribution in [2.45, 2.75) is 6.04 Å². The molecule has 1 fully saturated rings. The highest BCUT2D eigenvalue weighted by Crippen LogP contribution is 2.18. The van der Waals surface area contributed by atoms with Gasteiger partial charge in [-0.05, 0) is 29.9 Å². The summed E-state index contributed by atoms with van der Waals surface area (Å²) >= 11 is 4.72. The third kappa shape index (κ3) is 1.80. The molecule has 0 saturated carbocycles. The number of hydrogen-bond acceptors (Lipinski definition) is 2. The summed E-state index contributed by atoms with van der Waals surface area (Å²) in [5.41, 5.74) is 0.339. The van der Waals surface area contributed by atoms with Gasteiger partial charge in [0.1, 0.15) is 6.04 Å². The van der Waals surface area contributed by atoms with Crippen molar-refractivity contribution >= 4 is 23.2 Å². The Balaban J connectivity index is 2.34. The number of halogens is 2. The second-order valence-corrected chi connectivity index (χ2v) is 3.48. The molecule has 1 aliphatic rings. The number of hydrogen-bond donors (Lipinski definition) is 2. The summed E-state index contributed by atoms with van der Waals surface area (Å²) in [4.78, 5) is 11.3. The van der Waals surface area contributed by atoms with E-state index in [4.69, 9.17) is 12.2 Å². The molecule has 0 aromatic heterocycles. The lowest BCUT2D eigenvalue weighted by Crippen LogP contribution is -2.21. The molecule has 1 saturated heterocycles. The molecule has 1 amide bonds. The van der Waals surface area contributed by atoms with Crippen LogP contribution >= 0.6 is 12.2 Å². The second-order valence-electron chi connectivity index (χ2n) is 3.07. The molecule has 1 aromatic carbocycles. The van der Waals surface area contributed by atoms with E-state index in [0.717, 1.165) is 12.1 Å². The van der Waals surface area contributed by atoms with E-state index in [9.17, 15) is 13.6 Å². The van der Waals surface area contributed by atoms with Crippen molar-refractivity contribution in [3.05, 3.63) is 35.4 Å². The smallest absolute Gasteiger partial charge is 0.253 e. The van der Waals surface area contributed by atoms with Crippen molar-refractivity contribution in [2.75, 3.05) is 0 Å².